The first-order valence-electron chi connectivity index (χ1n) is 10.7. The molecule has 0 aromatic heterocycles. The average Bonchev–Trinajstić information content (AvgIpc) is 3.10. The lowest BCUT2D eigenvalue weighted by molar-refractivity contribution is 0.473. The molecule has 1 aliphatic carbocycles. The first-order valence-corrected chi connectivity index (χ1v) is 10.7. The molecule has 4 heteroatoms. The predicted molar refractivity (Wildman–Crippen MR) is 133 cm³/mol. The highest BCUT2D eigenvalue weighted by Crippen LogP contribution is 2.57. The van der Waals surface area contributed by atoms with Crippen molar-refractivity contribution >= 4 is 11.4 Å². The molecule has 33 heavy (non-hydrogen) atoms. The Balaban J connectivity index is 2.02. The summed E-state index contributed by atoms with van der Waals surface area (Å²) in [5, 5.41) is 20.8. The zero-order valence-electron chi connectivity index (χ0n) is 18.5. The van der Waals surface area contributed by atoms with Crippen molar-refractivity contribution in [2.24, 2.45) is 0 Å². The van der Waals surface area contributed by atoms with Crippen molar-refractivity contribution in [2.45, 2.75) is 19.3 Å². The topological polar surface area (TPSA) is 92.5 Å². The molecule has 0 spiro atoms. The first-order chi connectivity index (χ1) is 15.8. The van der Waals surface area contributed by atoms with Crippen LogP contribution in [0.1, 0.15) is 38.9 Å². The van der Waals surface area contributed by atoms with Crippen LogP contribution < -0.4 is 11.5 Å². The molecular formula is C29H24N2O2. The minimum Gasteiger partial charge on any atom is -0.506 e. The Hall–Kier alpha value is -4.36. The molecule has 1 aliphatic rings. The lowest BCUT2D eigenvalue weighted by Gasteiger charge is -2.35. The summed E-state index contributed by atoms with van der Waals surface area (Å²) in [6, 6.07) is 21.8. The summed E-state index contributed by atoms with van der Waals surface area (Å²) < 4.78 is 0. The molecule has 162 valence electrons. The molecule has 0 fully saturated rings. The smallest absolute Gasteiger partial charge is 0.141 e. The number of hydrogen-bond donors (Lipinski definition) is 4. The van der Waals surface area contributed by atoms with Crippen LogP contribution in [0.15, 0.2) is 66.7 Å². The molecule has 4 nitrogen and oxygen atoms in total. The van der Waals surface area contributed by atoms with Crippen molar-refractivity contribution in [1.29, 1.82) is 0 Å². The van der Waals surface area contributed by atoms with Crippen molar-refractivity contribution in [3.8, 4) is 35.0 Å². The van der Waals surface area contributed by atoms with Gasteiger partial charge in [-0.1, -0.05) is 48.4 Å². The highest BCUT2D eigenvalue weighted by atomic mass is 16.3. The number of benzene rings is 4. The Morgan fingerprint density at radius 3 is 1.82 bits per heavy atom. The van der Waals surface area contributed by atoms with Crippen molar-refractivity contribution in [1.82, 2.24) is 0 Å². The SMILES string of the molecule is C#Cc1ccc2c(c1)C(c1cc(C)c(O)c(N)c1)(c1cc(C)c(O)c(N)c1)c1ccccc1-2. The quantitative estimate of drug-likeness (QED) is 0.175. The second-order valence-corrected chi connectivity index (χ2v) is 8.66. The number of hydrogen-bond acceptors (Lipinski definition) is 4. The van der Waals surface area contributed by atoms with E-state index in [2.05, 4.69) is 24.1 Å². The highest BCUT2D eigenvalue weighted by molar-refractivity contribution is 5.88. The van der Waals surface area contributed by atoms with Crippen molar-refractivity contribution < 1.29 is 10.2 Å². The number of nitrogen functional groups attached to an aromatic ring is 2. The minimum atomic E-state index is -0.794. The second-order valence-electron chi connectivity index (χ2n) is 8.66. The lowest BCUT2D eigenvalue weighted by Crippen LogP contribution is -2.29. The van der Waals surface area contributed by atoms with Crippen LogP contribution >= 0.6 is 0 Å². The minimum absolute atomic E-state index is 0.0687. The third-order valence-electron chi connectivity index (χ3n) is 6.74. The van der Waals surface area contributed by atoms with Gasteiger partial charge in [-0.15, -0.1) is 6.42 Å². The molecule has 0 atom stereocenters. The summed E-state index contributed by atoms with van der Waals surface area (Å²) in [6.07, 6.45) is 5.79. The van der Waals surface area contributed by atoms with Gasteiger partial charge in [-0.3, -0.25) is 0 Å². The van der Waals surface area contributed by atoms with Gasteiger partial charge < -0.3 is 21.7 Å². The zero-order chi connectivity index (χ0) is 23.5. The van der Waals surface area contributed by atoms with Gasteiger partial charge in [0.05, 0.1) is 16.8 Å². The molecule has 0 bridgehead atoms. The standard InChI is InChI=1S/C29H24N2O2/c1-4-18-9-10-22-21-7-5-6-8-23(21)29(24(22)13-18,19-11-16(2)27(32)25(30)14-19)20-12-17(3)28(33)26(31)15-20/h1,5-15,32-33H,30-31H2,2-3H3. The Morgan fingerprint density at radius 1 is 0.727 bits per heavy atom. The third-order valence-corrected chi connectivity index (χ3v) is 6.74. The number of phenols is 2. The van der Waals surface area contributed by atoms with Crippen LogP contribution in [0.3, 0.4) is 0 Å². The second kappa shape index (κ2) is 7.08. The first kappa shape index (κ1) is 20.5. The Labute approximate surface area is 193 Å². The summed E-state index contributed by atoms with van der Waals surface area (Å²) in [5.74, 6) is 2.90. The monoisotopic (exact) mass is 432 g/mol. The molecule has 0 radical (unpaired) electrons. The molecule has 0 saturated carbocycles. The fourth-order valence-corrected chi connectivity index (χ4v) is 5.20. The van der Waals surface area contributed by atoms with E-state index in [4.69, 9.17) is 17.9 Å². The van der Waals surface area contributed by atoms with Gasteiger partial charge in [-0.25, -0.2) is 0 Å². The van der Waals surface area contributed by atoms with Crippen molar-refractivity contribution in [2.75, 3.05) is 11.5 Å². The van der Waals surface area contributed by atoms with Crippen LogP contribution in [0.5, 0.6) is 11.5 Å². The van der Waals surface area contributed by atoms with Gasteiger partial charge >= 0.3 is 0 Å². The number of aryl methyl sites for hydroxylation is 2. The molecule has 0 aliphatic heterocycles. The maximum absolute atomic E-state index is 10.4. The van der Waals surface area contributed by atoms with Gasteiger partial charge in [0.15, 0.2) is 0 Å². The van der Waals surface area contributed by atoms with Gasteiger partial charge in [0.1, 0.15) is 11.5 Å². The summed E-state index contributed by atoms with van der Waals surface area (Å²) in [7, 11) is 0. The van der Waals surface area contributed by atoms with Gasteiger partial charge in [-0.2, -0.15) is 0 Å². The Bertz CT molecular complexity index is 1390. The van der Waals surface area contributed by atoms with Gasteiger partial charge in [0.2, 0.25) is 0 Å². The van der Waals surface area contributed by atoms with Crippen LogP contribution in [0, 0.1) is 26.2 Å². The molecular weight excluding hydrogens is 408 g/mol. The molecule has 6 N–H and O–H groups in total. The fraction of sp³-hybridized carbons (Fsp3) is 0.103. The van der Waals surface area contributed by atoms with Gasteiger partial charge in [-0.05, 0) is 82.6 Å². The maximum Gasteiger partial charge on any atom is 0.141 e. The fourth-order valence-electron chi connectivity index (χ4n) is 5.20. The number of phenolic OH excluding ortho intramolecular Hbond substituents is 2. The summed E-state index contributed by atoms with van der Waals surface area (Å²) >= 11 is 0. The van der Waals surface area contributed by atoms with E-state index in [0.29, 0.717) is 22.5 Å². The highest BCUT2D eigenvalue weighted by Gasteiger charge is 2.47. The van der Waals surface area contributed by atoms with Crippen LogP contribution in [0.4, 0.5) is 11.4 Å². The number of fused-ring (bicyclic) bond motifs is 3. The summed E-state index contributed by atoms with van der Waals surface area (Å²) in [6.45, 7) is 3.66. The van der Waals surface area contributed by atoms with E-state index >= 15 is 0 Å². The Kier molecular flexibility index (Phi) is 4.41. The van der Waals surface area contributed by atoms with Crippen molar-refractivity contribution in [3.05, 3.63) is 106 Å². The Morgan fingerprint density at radius 2 is 1.27 bits per heavy atom. The van der Waals surface area contributed by atoms with E-state index < -0.39 is 5.41 Å². The van der Waals surface area contributed by atoms with Crippen LogP contribution in [0.2, 0.25) is 0 Å². The van der Waals surface area contributed by atoms with E-state index in [0.717, 1.165) is 38.9 Å². The third kappa shape index (κ3) is 2.73. The number of anilines is 2. The number of rotatable bonds is 2. The zero-order valence-corrected chi connectivity index (χ0v) is 18.5. The van der Waals surface area contributed by atoms with E-state index in [9.17, 15) is 10.2 Å². The predicted octanol–water partition coefficient (Wildman–Crippen LogP) is 5.22. The number of terminal acetylenes is 1. The van der Waals surface area contributed by atoms with Crippen LogP contribution in [-0.4, -0.2) is 10.2 Å². The van der Waals surface area contributed by atoms with Crippen LogP contribution in [-0.2, 0) is 5.41 Å². The number of aromatic hydroxyl groups is 2. The molecule has 0 saturated heterocycles. The summed E-state index contributed by atoms with van der Waals surface area (Å²) in [4.78, 5) is 0. The molecule has 0 unspecified atom stereocenters. The molecule has 4 aromatic rings. The molecule has 5 rings (SSSR count). The van der Waals surface area contributed by atoms with Crippen molar-refractivity contribution in [3.63, 3.8) is 0 Å². The largest absolute Gasteiger partial charge is 0.506 e. The molecule has 0 amide bonds. The normalized spacial score (nSPS) is 13.2. The van der Waals surface area contributed by atoms with Crippen LogP contribution in [0.25, 0.3) is 11.1 Å². The average molecular weight is 433 g/mol. The maximum atomic E-state index is 10.4. The molecule has 0 heterocycles. The molecule has 4 aromatic carbocycles. The lowest BCUT2D eigenvalue weighted by atomic mass is 9.66. The van der Waals surface area contributed by atoms with E-state index in [1.807, 2.05) is 62.4 Å². The van der Waals surface area contributed by atoms with Gasteiger partial charge in [0, 0.05) is 5.56 Å². The van der Waals surface area contributed by atoms with E-state index in [1.165, 1.54) is 0 Å². The van der Waals surface area contributed by atoms with E-state index in [-0.39, 0.29) is 11.5 Å². The van der Waals surface area contributed by atoms with Gasteiger partial charge in [0.25, 0.3) is 0 Å². The number of nitrogens with two attached hydrogens (primary N) is 2. The van der Waals surface area contributed by atoms with E-state index in [1.54, 1.807) is 0 Å². The summed E-state index contributed by atoms with van der Waals surface area (Å²) in [5.41, 5.74) is 20.4.